The summed E-state index contributed by atoms with van der Waals surface area (Å²) in [6, 6.07) is 9.87. The second kappa shape index (κ2) is 9.15. The first-order valence-corrected chi connectivity index (χ1v) is 12.0. The van der Waals surface area contributed by atoms with E-state index in [2.05, 4.69) is 27.0 Å². The van der Waals surface area contributed by atoms with Crippen LogP contribution in [0.2, 0.25) is 0 Å². The van der Waals surface area contributed by atoms with Crippen LogP contribution in [0, 0.1) is 0 Å². The fourth-order valence-electron chi connectivity index (χ4n) is 3.17. The van der Waals surface area contributed by atoms with Gasteiger partial charge in [-0.3, -0.25) is 4.79 Å². The van der Waals surface area contributed by atoms with Crippen LogP contribution < -0.4 is 10.1 Å². The Balaban J connectivity index is 1.37. The van der Waals surface area contributed by atoms with Crippen molar-refractivity contribution in [2.24, 2.45) is 0 Å². The predicted octanol–water partition coefficient (Wildman–Crippen LogP) is 4.81. The van der Waals surface area contributed by atoms with Crippen molar-refractivity contribution < 1.29 is 9.53 Å². The number of carbonyl (C=O) groups excluding carboxylic acids is 1. The third kappa shape index (κ3) is 4.73. The smallest absolute Gasteiger partial charge is 0.236 e. The van der Waals surface area contributed by atoms with E-state index in [0.29, 0.717) is 18.3 Å². The van der Waals surface area contributed by atoms with Gasteiger partial charge >= 0.3 is 0 Å². The van der Waals surface area contributed by atoms with Crippen LogP contribution in [-0.4, -0.2) is 39.4 Å². The Labute approximate surface area is 182 Å². The lowest BCUT2D eigenvalue weighted by Gasteiger charge is -2.28. The van der Waals surface area contributed by atoms with E-state index >= 15 is 0 Å². The average Bonchev–Trinajstić information content (AvgIpc) is 3.37. The quantitative estimate of drug-likeness (QED) is 0.526. The van der Waals surface area contributed by atoms with Gasteiger partial charge in [0.25, 0.3) is 0 Å². The molecule has 1 aromatic carbocycles. The van der Waals surface area contributed by atoms with Gasteiger partial charge in [0.05, 0.1) is 17.5 Å². The molecule has 1 amide bonds. The molecule has 1 aliphatic heterocycles. The van der Waals surface area contributed by atoms with Gasteiger partial charge in [0.15, 0.2) is 4.34 Å². The maximum Gasteiger partial charge on any atom is 0.236 e. The number of aromatic nitrogens is 2. The molecule has 1 N–H and O–H groups in total. The minimum atomic E-state index is -0.202. The Bertz CT molecular complexity index is 988. The predicted molar refractivity (Wildman–Crippen MR) is 120 cm³/mol. The van der Waals surface area contributed by atoms with Crippen molar-refractivity contribution in [3.63, 3.8) is 0 Å². The van der Waals surface area contributed by atoms with E-state index in [1.807, 2.05) is 43.0 Å². The third-order valence-electron chi connectivity index (χ3n) is 4.58. The van der Waals surface area contributed by atoms with Crippen LogP contribution in [0.4, 0.5) is 10.8 Å². The van der Waals surface area contributed by atoms with Crippen molar-refractivity contribution in [3.8, 4) is 5.75 Å². The van der Waals surface area contributed by atoms with Crippen molar-refractivity contribution in [1.29, 1.82) is 0 Å². The summed E-state index contributed by atoms with van der Waals surface area (Å²) < 4.78 is 6.41. The van der Waals surface area contributed by atoms with Gasteiger partial charge in [-0.2, -0.15) is 0 Å². The molecule has 6 nitrogen and oxygen atoms in total. The molecule has 0 bridgehead atoms. The van der Waals surface area contributed by atoms with Gasteiger partial charge in [-0.15, -0.1) is 21.5 Å². The molecule has 4 rings (SSSR count). The monoisotopic (exact) mass is 446 g/mol. The number of nitrogens with one attached hydrogen (secondary N) is 1. The summed E-state index contributed by atoms with van der Waals surface area (Å²) in [5.74, 6) is 0.930. The highest BCUT2D eigenvalue weighted by molar-refractivity contribution is 8.02. The number of carbonyl (C=O) groups is 1. The molecule has 0 spiro atoms. The summed E-state index contributed by atoms with van der Waals surface area (Å²) in [4.78, 5) is 16.2. The number of hydrogen-bond donors (Lipinski definition) is 1. The molecular weight excluding hydrogens is 424 g/mol. The molecular formula is C20H22N4O2S3. The van der Waals surface area contributed by atoms with E-state index in [1.165, 1.54) is 33.5 Å². The number of amides is 1. The molecule has 29 heavy (non-hydrogen) atoms. The molecule has 1 unspecified atom stereocenters. The van der Waals surface area contributed by atoms with Crippen LogP contribution in [0.3, 0.4) is 0 Å². The van der Waals surface area contributed by atoms with Gasteiger partial charge < -0.3 is 15.0 Å². The van der Waals surface area contributed by atoms with Crippen molar-refractivity contribution in [1.82, 2.24) is 15.1 Å². The number of para-hydroxylation sites is 2. The zero-order chi connectivity index (χ0) is 20.2. The highest BCUT2D eigenvalue weighted by atomic mass is 32.2. The normalized spacial score (nSPS) is 14.3. The van der Waals surface area contributed by atoms with Gasteiger partial charge in [-0.25, -0.2) is 0 Å². The molecule has 0 saturated heterocycles. The lowest BCUT2D eigenvalue weighted by Crippen LogP contribution is -2.39. The molecule has 1 atom stereocenters. The van der Waals surface area contributed by atoms with E-state index in [4.69, 9.17) is 4.74 Å². The maximum absolute atomic E-state index is 12.9. The molecule has 1 aliphatic rings. The first-order valence-electron chi connectivity index (χ1n) is 9.47. The topological polar surface area (TPSA) is 67.3 Å². The summed E-state index contributed by atoms with van der Waals surface area (Å²) in [5.41, 5.74) is 2.13. The summed E-state index contributed by atoms with van der Waals surface area (Å²) >= 11 is 4.68. The number of anilines is 2. The SMILES string of the molecule is CCOc1ccccc1Nc1nnc(SC(C)C(=O)N2CCc3sccc3C2)s1. The van der Waals surface area contributed by atoms with Crippen LogP contribution in [0.5, 0.6) is 5.75 Å². The third-order valence-corrected chi connectivity index (χ3v) is 7.61. The number of rotatable bonds is 7. The number of ether oxygens (including phenoxy) is 1. The Morgan fingerprint density at radius 1 is 1.34 bits per heavy atom. The van der Waals surface area contributed by atoms with E-state index in [9.17, 15) is 4.79 Å². The fraction of sp³-hybridized carbons (Fsp3) is 0.350. The number of hydrogen-bond acceptors (Lipinski definition) is 8. The summed E-state index contributed by atoms with van der Waals surface area (Å²) in [6.07, 6.45) is 0.947. The van der Waals surface area contributed by atoms with Crippen molar-refractivity contribution in [2.75, 3.05) is 18.5 Å². The molecule has 0 saturated carbocycles. The van der Waals surface area contributed by atoms with Gasteiger partial charge in [0, 0.05) is 18.0 Å². The fourth-order valence-corrected chi connectivity index (χ4v) is 6.05. The van der Waals surface area contributed by atoms with Gasteiger partial charge in [0.2, 0.25) is 11.0 Å². The molecule has 9 heteroatoms. The van der Waals surface area contributed by atoms with E-state index < -0.39 is 0 Å². The lowest BCUT2D eigenvalue weighted by molar-refractivity contribution is -0.131. The molecule has 2 aromatic heterocycles. The molecule has 0 fully saturated rings. The van der Waals surface area contributed by atoms with E-state index in [1.54, 1.807) is 11.3 Å². The second-order valence-corrected chi connectivity index (χ2v) is 10.1. The Hall–Kier alpha value is -2.10. The van der Waals surface area contributed by atoms with Crippen molar-refractivity contribution >= 4 is 51.2 Å². The molecule has 0 aliphatic carbocycles. The first kappa shape index (κ1) is 20.2. The Morgan fingerprint density at radius 3 is 3.07 bits per heavy atom. The highest BCUT2D eigenvalue weighted by Crippen LogP contribution is 2.34. The standard InChI is InChI=1S/C20H22N4O2S3/c1-3-26-16-7-5-4-6-15(16)21-19-22-23-20(29-19)28-13(2)18(25)24-10-8-17-14(12-24)9-11-27-17/h4-7,9,11,13H,3,8,10,12H2,1-2H3,(H,21,22). The Morgan fingerprint density at radius 2 is 2.21 bits per heavy atom. The maximum atomic E-state index is 12.9. The van der Waals surface area contributed by atoms with Crippen LogP contribution >= 0.6 is 34.4 Å². The molecule has 0 radical (unpaired) electrons. The molecule has 152 valence electrons. The van der Waals surface area contributed by atoms with E-state index in [-0.39, 0.29) is 11.2 Å². The summed E-state index contributed by atoms with van der Waals surface area (Å²) in [6.45, 7) is 5.98. The van der Waals surface area contributed by atoms with Crippen LogP contribution in [0.15, 0.2) is 40.1 Å². The minimum Gasteiger partial charge on any atom is -0.492 e. The average molecular weight is 447 g/mol. The van der Waals surface area contributed by atoms with Crippen LogP contribution in [0.1, 0.15) is 24.3 Å². The Kier molecular flexibility index (Phi) is 6.37. The van der Waals surface area contributed by atoms with E-state index in [0.717, 1.165) is 28.7 Å². The number of thioether (sulfide) groups is 1. The van der Waals surface area contributed by atoms with Crippen molar-refractivity contribution in [3.05, 3.63) is 46.2 Å². The second-order valence-electron chi connectivity index (χ2n) is 6.57. The number of thiophene rings is 1. The first-order chi connectivity index (χ1) is 14.1. The lowest BCUT2D eigenvalue weighted by atomic mass is 10.1. The largest absolute Gasteiger partial charge is 0.492 e. The van der Waals surface area contributed by atoms with Crippen LogP contribution in [0.25, 0.3) is 0 Å². The number of fused-ring (bicyclic) bond motifs is 1. The van der Waals surface area contributed by atoms with Gasteiger partial charge in [-0.1, -0.05) is 35.2 Å². The van der Waals surface area contributed by atoms with Crippen LogP contribution in [-0.2, 0) is 17.8 Å². The molecule has 3 heterocycles. The van der Waals surface area contributed by atoms with Crippen molar-refractivity contribution in [2.45, 2.75) is 36.4 Å². The molecule has 3 aromatic rings. The van der Waals surface area contributed by atoms with Gasteiger partial charge in [0.1, 0.15) is 5.75 Å². The number of nitrogens with zero attached hydrogens (tertiary/aromatic N) is 3. The summed E-state index contributed by atoms with van der Waals surface area (Å²) in [5, 5.41) is 14.3. The highest BCUT2D eigenvalue weighted by Gasteiger charge is 2.26. The zero-order valence-corrected chi connectivity index (χ0v) is 18.7. The summed E-state index contributed by atoms with van der Waals surface area (Å²) in [7, 11) is 0. The van der Waals surface area contributed by atoms with Gasteiger partial charge in [-0.05, 0) is 49.4 Å². The number of benzene rings is 1. The zero-order valence-electron chi connectivity index (χ0n) is 16.3. The minimum absolute atomic E-state index is 0.151.